The van der Waals surface area contributed by atoms with Crippen molar-refractivity contribution < 1.29 is 27.8 Å². The van der Waals surface area contributed by atoms with E-state index in [1.165, 1.54) is 53.4 Å². The van der Waals surface area contributed by atoms with Crippen LogP contribution in [0.3, 0.4) is 0 Å². The lowest BCUT2D eigenvalue weighted by Crippen LogP contribution is -2.34. The van der Waals surface area contributed by atoms with Gasteiger partial charge in [-0.3, -0.25) is 9.69 Å². The molecule has 0 bridgehead atoms. The van der Waals surface area contributed by atoms with Gasteiger partial charge in [-0.1, -0.05) is 24.3 Å². The zero-order chi connectivity index (χ0) is 18.7. The van der Waals surface area contributed by atoms with E-state index in [9.17, 15) is 18.4 Å². The summed E-state index contributed by atoms with van der Waals surface area (Å²) >= 11 is 0. The maximum absolute atomic E-state index is 13.3. The molecule has 26 heavy (non-hydrogen) atoms. The van der Waals surface area contributed by atoms with Crippen LogP contribution < -0.4 is 0 Å². The molecule has 2 aromatic carbocycles. The van der Waals surface area contributed by atoms with Crippen LogP contribution in [0.25, 0.3) is 0 Å². The molecule has 0 N–H and O–H groups in total. The highest BCUT2D eigenvalue weighted by Gasteiger charge is 2.44. The number of hydrogen-bond acceptors (Lipinski definition) is 4. The van der Waals surface area contributed by atoms with Crippen molar-refractivity contribution in [3.05, 3.63) is 71.3 Å². The molecule has 3 rings (SSSR count). The van der Waals surface area contributed by atoms with Crippen LogP contribution in [0.4, 0.5) is 13.6 Å². The van der Waals surface area contributed by atoms with Crippen molar-refractivity contribution in [1.82, 2.24) is 4.90 Å². The molecule has 136 valence electrons. The van der Waals surface area contributed by atoms with Gasteiger partial charge in [-0.05, 0) is 42.3 Å². The van der Waals surface area contributed by atoms with Crippen molar-refractivity contribution in [2.75, 3.05) is 13.2 Å². The number of halogens is 2. The minimum absolute atomic E-state index is 0.185. The van der Waals surface area contributed by atoms with E-state index < -0.39 is 35.8 Å². The van der Waals surface area contributed by atoms with E-state index in [-0.39, 0.29) is 13.2 Å². The molecule has 2 unspecified atom stereocenters. The number of nitrogens with zero attached hydrogens (tertiary/aromatic N) is 1. The van der Waals surface area contributed by atoms with Crippen LogP contribution in [-0.4, -0.2) is 30.1 Å². The van der Waals surface area contributed by atoms with Gasteiger partial charge in [0.1, 0.15) is 24.2 Å². The normalized spacial score (nSPS) is 19.3. The molecule has 0 radical (unpaired) electrons. The molecule has 1 saturated heterocycles. The van der Waals surface area contributed by atoms with Gasteiger partial charge < -0.3 is 9.47 Å². The SMILES string of the molecule is CCOC(=O)CN1C(=O)OC(c2ccc(F)cc2)C1c1ccc(F)cc1. The van der Waals surface area contributed by atoms with Crippen LogP contribution in [0.2, 0.25) is 0 Å². The lowest BCUT2D eigenvalue weighted by molar-refractivity contribution is -0.144. The Bertz CT molecular complexity index is 792. The lowest BCUT2D eigenvalue weighted by Gasteiger charge is -2.24. The minimum Gasteiger partial charge on any atom is -0.465 e. The number of ether oxygens (including phenoxy) is 2. The smallest absolute Gasteiger partial charge is 0.411 e. The Labute approximate surface area is 149 Å². The number of carbonyl (C=O) groups excluding carboxylic acids is 2. The summed E-state index contributed by atoms with van der Waals surface area (Å²) in [6.45, 7) is 1.55. The van der Waals surface area contributed by atoms with Crippen LogP contribution in [0.1, 0.15) is 30.2 Å². The average Bonchev–Trinajstić information content (AvgIpc) is 2.93. The molecule has 0 spiro atoms. The average molecular weight is 361 g/mol. The number of carbonyl (C=O) groups is 2. The first-order chi connectivity index (χ1) is 12.5. The molecule has 1 heterocycles. The fourth-order valence-electron chi connectivity index (χ4n) is 2.94. The number of rotatable bonds is 5. The molecule has 1 amide bonds. The zero-order valence-corrected chi connectivity index (χ0v) is 14.0. The van der Waals surface area contributed by atoms with Crippen molar-refractivity contribution >= 4 is 12.1 Å². The second-order valence-electron chi connectivity index (χ2n) is 5.79. The molecule has 1 fully saturated rings. The Kier molecular flexibility index (Phi) is 5.16. The van der Waals surface area contributed by atoms with Gasteiger partial charge in [0.25, 0.3) is 0 Å². The van der Waals surface area contributed by atoms with E-state index in [1.54, 1.807) is 6.92 Å². The second kappa shape index (κ2) is 7.51. The maximum Gasteiger partial charge on any atom is 0.411 e. The molecule has 2 aromatic rings. The van der Waals surface area contributed by atoms with Crippen LogP contribution in [-0.2, 0) is 14.3 Å². The molecular weight excluding hydrogens is 344 g/mol. The van der Waals surface area contributed by atoms with Crippen molar-refractivity contribution in [1.29, 1.82) is 0 Å². The van der Waals surface area contributed by atoms with Crippen LogP contribution in [0.5, 0.6) is 0 Å². The zero-order valence-electron chi connectivity index (χ0n) is 14.0. The molecule has 1 aliphatic heterocycles. The highest BCUT2D eigenvalue weighted by Crippen LogP contribution is 2.42. The summed E-state index contributed by atoms with van der Waals surface area (Å²) in [5.41, 5.74) is 1.16. The Morgan fingerprint density at radius 2 is 1.58 bits per heavy atom. The lowest BCUT2D eigenvalue weighted by atomic mass is 9.95. The molecule has 2 atom stereocenters. The highest BCUT2D eigenvalue weighted by molar-refractivity contribution is 5.80. The molecule has 7 heteroatoms. The topological polar surface area (TPSA) is 55.8 Å². The van der Waals surface area contributed by atoms with Crippen molar-refractivity contribution in [3.8, 4) is 0 Å². The number of amides is 1. The third-order valence-electron chi connectivity index (χ3n) is 4.10. The summed E-state index contributed by atoms with van der Waals surface area (Å²) in [6.07, 6.45) is -1.45. The Hall–Kier alpha value is -2.96. The quantitative estimate of drug-likeness (QED) is 0.761. The monoisotopic (exact) mass is 361 g/mol. The highest BCUT2D eigenvalue weighted by atomic mass is 19.1. The number of hydrogen-bond donors (Lipinski definition) is 0. The fraction of sp³-hybridized carbons (Fsp3) is 0.263. The number of cyclic esters (lactones) is 1. The van der Waals surface area contributed by atoms with E-state index in [2.05, 4.69) is 0 Å². The number of benzene rings is 2. The first-order valence-corrected chi connectivity index (χ1v) is 8.13. The summed E-state index contributed by atoms with van der Waals surface area (Å²) in [5.74, 6) is -1.41. The molecule has 0 aromatic heterocycles. The van der Waals surface area contributed by atoms with Gasteiger partial charge in [-0.25, -0.2) is 13.6 Å². The maximum atomic E-state index is 13.3. The molecule has 0 aliphatic carbocycles. The molecule has 1 aliphatic rings. The van der Waals surface area contributed by atoms with E-state index in [0.29, 0.717) is 11.1 Å². The second-order valence-corrected chi connectivity index (χ2v) is 5.79. The Morgan fingerprint density at radius 1 is 1.04 bits per heavy atom. The first kappa shape index (κ1) is 17.8. The van der Waals surface area contributed by atoms with Gasteiger partial charge in [-0.2, -0.15) is 0 Å². The summed E-state index contributed by atoms with van der Waals surface area (Å²) in [4.78, 5) is 25.5. The van der Waals surface area contributed by atoms with Crippen LogP contribution in [0.15, 0.2) is 48.5 Å². The number of esters is 1. The fourth-order valence-corrected chi connectivity index (χ4v) is 2.94. The third kappa shape index (κ3) is 3.66. The van der Waals surface area contributed by atoms with Crippen molar-refractivity contribution in [2.24, 2.45) is 0 Å². The first-order valence-electron chi connectivity index (χ1n) is 8.13. The van der Waals surface area contributed by atoms with Gasteiger partial charge in [0.2, 0.25) is 0 Å². The van der Waals surface area contributed by atoms with Crippen LogP contribution in [0, 0.1) is 11.6 Å². The predicted octanol–water partition coefficient (Wildman–Crippen LogP) is 3.76. The Morgan fingerprint density at radius 3 is 2.12 bits per heavy atom. The third-order valence-corrected chi connectivity index (χ3v) is 4.10. The molecule has 0 saturated carbocycles. The summed E-state index contributed by atoms with van der Waals surface area (Å²) in [7, 11) is 0. The van der Waals surface area contributed by atoms with E-state index >= 15 is 0 Å². The largest absolute Gasteiger partial charge is 0.465 e. The standard InChI is InChI=1S/C19H17F2NO4/c1-2-25-16(23)11-22-17(12-3-7-14(20)8-4-12)18(26-19(22)24)13-5-9-15(21)10-6-13/h3-10,17-18H,2,11H2,1H3. The van der Waals surface area contributed by atoms with Gasteiger partial charge in [0.15, 0.2) is 6.10 Å². The van der Waals surface area contributed by atoms with E-state index in [0.717, 1.165) is 0 Å². The van der Waals surface area contributed by atoms with Gasteiger partial charge in [-0.15, -0.1) is 0 Å². The minimum atomic E-state index is -0.761. The van der Waals surface area contributed by atoms with Gasteiger partial charge in [0.05, 0.1) is 6.61 Å². The van der Waals surface area contributed by atoms with Gasteiger partial charge in [0, 0.05) is 0 Å². The Balaban J connectivity index is 1.97. The van der Waals surface area contributed by atoms with Crippen LogP contribution >= 0.6 is 0 Å². The summed E-state index contributed by atoms with van der Waals surface area (Å²) in [5, 5.41) is 0. The van der Waals surface area contributed by atoms with Crippen molar-refractivity contribution in [3.63, 3.8) is 0 Å². The molecule has 5 nitrogen and oxygen atoms in total. The summed E-state index contributed by atoms with van der Waals surface area (Å²) < 4.78 is 36.9. The van der Waals surface area contributed by atoms with E-state index in [1.807, 2.05) is 0 Å². The molecular formula is C19H17F2NO4. The predicted molar refractivity (Wildman–Crippen MR) is 88.1 cm³/mol. The van der Waals surface area contributed by atoms with E-state index in [4.69, 9.17) is 9.47 Å². The van der Waals surface area contributed by atoms with Gasteiger partial charge >= 0.3 is 12.1 Å². The summed E-state index contributed by atoms with van der Waals surface area (Å²) in [6, 6.07) is 10.5. The van der Waals surface area contributed by atoms with Crippen molar-refractivity contribution in [2.45, 2.75) is 19.1 Å².